The van der Waals surface area contributed by atoms with Crippen molar-refractivity contribution in [3.05, 3.63) is 45.9 Å². The fraction of sp³-hybridized carbons (Fsp3) is 0.278. The maximum Gasteiger partial charge on any atom is 0.338 e. The van der Waals surface area contributed by atoms with Crippen LogP contribution in [0, 0.1) is 6.92 Å². The Morgan fingerprint density at radius 1 is 1.32 bits per heavy atom. The summed E-state index contributed by atoms with van der Waals surface area (Å²) in [6.07, 6.45) is 0. The SMILES string of the molecule is CCOC(=O)c1ccc2nc(NC(=O)C(C)Sc3nc(C)cc(=O)[nH]3)sc2c1. The first-order valence-corrected chi connectivity index (χ1v) is 10.2. The summed E-state index contributed by atoms with van der Waals surface area (Å²) in [4.78, 5) is 47.0. The minimum Gasteiger partial charge on any atom is -0.462 e. The molecule has 0 bridgehead atoms. The second kappa shape index (κ2) is 8.53. The number of aryl methyl sites for hydroxylation is 1. The topological polar surface area (TPSA) is 114 Å². The average molecular weight is 419 g/mol. The molecule has 146 valence electrons. The molecule has 1 unspecified atom stereocenters. The van der Waals surface area contributed by atoms with Crippen LogP contribution in [0.2, 0.25) is 0 Å². The molecule has 0 radical (unpaired) electrons. The highest BCUT2D eigenvalue weighted by Crippen LogP contribution is 2.28. The van der Waals surface area contributed by atoms with Gasteiger partial charge in [-0.15, -0.1) is 0 Å². The summed E-state index contributed by atoms with van der Waals surface area (Å²) in [5.74, 6) is -0.660. The minimum atomic E-state index is -0.493. The number of amides is 1. The van der Waals surface area contributed by atoms with Crippen molar-refractivity contribution in [3.8, 4) is 0 Å². The zero-order chi connectivity index (χ0) is 20.3. The van der Waals surface area contributed by atoms with Crippen LogP contribution < -0.4 is 10.9 Å². The normalized spacial score (nSPS) is 12.0. The van der Waals surface area contributed by atoms with Gasteiger partial charge in [0.1, 0.15) is 0 Å². The highest BCUT2D eigenvalue weighted by Gasteiger charge is 2.18. The van der Waals surface area contributed by atoms with Crippen LogP contribution in [0.3, 0.4) is 0 Å². The van der Waals surface area contributed by atoms with Gasteiger partial charge in [-0.3, -0.25) is 9.59 Å². The molecule has 0 saturated carbocycles. The van der Waals surface area contributed by atoms with E-state index >= 15 is 0 Å². The number of aromatic nitrogens is 3. The van der Waals surface area contributed by atoms with E-state index in [1.54, 1.807) is 39.0 Å². The minimum absolute atomic E-state index is 0.258. The molecule has 10 heteroatoms. The summed E-state index contributed by atoms with van der Waals surface area (Å²) >= 11 is 2.43. The molecule has 1 amide bonds. The largest absolute Gasteiger partial charge is 0.462 e. The Bertz CT molecular complexity index is 1090. The van der Waals surface area contributed by atoms with Gasteiger partial charge in [-0.2, -0.15) is 0 Å². The van der Waals surface area contributed by atoms with Crippen molar-refractivity contribution in [3.63, 3.8) is 0 Å². The number of hydrogen-bond donors (Lipinski definition) is 2. The molecule has 28 heavy (non-hydrogen) atoms. The Kier molecular flexibility index (Phi) is 6.10. The Morgan fingerprint density at radius 3 is 2.82 bits per heavy atom. The predicted octanol–water partition coefficient (Wildman–Crippen LogP) is 2.98. The molecule has 0 aliphatic heterocycles. The summed E-state index contributed by atoms with van der Waals surface area (Å²) in [7, 11) is 0. The van der Waals surface area contributed by atoms with Gasteiger partial charge in [-0.25, -0.2) is 14.8 Å². The van der Waals surface area contributed by atoms with Crippen molar-refractivity contribution >= 4 is 50.3 Å². The van der Waals surface area contributed by atoms with Crippen LogP contribution in [0.15, 0.2) is 34.2 Å². The lowest BCUT2D eigenvalue weighted by Crippen LogP contribution is -2.23. The van der Waals surface area contributed by atoms with Gasteiger partial charge in [0.15, 0.2) is 10.3 Å². The zero-order valence-corrected chi connectivity index (χ0v) is 17.1. The number of carbonyl (C=O) groups is 2. The molecule has 3 rings (SSSR count). The monoisotopic (exact) mass is 418 g/mol. The van der Waals surface area contributed by atoms with Crippen molar-refractivity contribution in [2.45, 2.75) is 31.2 Å². The molecule has 1 aromatic carbocycles. The van der Waals surface area contributed by atoms with E-state index in [1.165, 1.54) is 17.4 Å². The number of nitrogens with zero attached hydrogens (tertiary/aromatic N) is 2. The number of fused-ring (bicyclic) bond motifs is 1. The van der Waals surface area contributed by atoms with E-state index in [9.17, 15) is 14.4 Å². The third-order valence-corrected chi connectivity index (χ3v) is 5.55. The Morgan fingerprint density at radius 2 is 2.11 bits per heavy atom. The number of nitrogens with one attached hydrogen (secondary N) is 2. The average Bonchev–Trinajstić information content (AvgIpc) is 3.02. The molecule has 2 heterocycles. The van der Waals surface area contributed by atoms with Gasteiger partial charge in [0.2, 0.25) is 5.91 Å². The summed E-state index contributed by atoms with van der Waals surface area (Å²) in [6, 6.07) is 6.44. The van der Waals surface area contributed by atoms with Crippen molar-refractivity contribution in [1.82, 2.24) is 15.0 Å². The molecule has 0 fully saturated rings. The zero-order valence-electron chi connectivity index (χ0n) is 15.4. The van der Waals surface area contributed by atoms with Crippen molar-refractivity contribution in [2.75, 3.05) is 11.9 Å². The van der Waals surface area contributed by atoms with Crippen molar-refractivity contribution in [1.29, 1.82) is 0 Å². The molecule has 2 aromatic heterocycles. The standard InChI is InChI=1S/C18H18N4O4S2/c1-4-26-16(25)11-5-6-12-13(8-11)28-18(20-12)22-15(24)10(3)27-17-19-9(2)7-14(23)21-17/h5-8,10H,4H2,1-3H3,(H,19,21,23)(H,20,22,24). The number of anilines is 1. The molecule has 0 aliphatic carbocycles. The highest BCUT2D eigenvalue weighted by atomic mass is 32.2. The van der Waals surface area contributed by atoms with Crippen LogP contribution >= 0.6 is 23.1 Å². The van der Waals surface area contributed by atoms with E-state index in [0.29, 0.717) is 33.7 Å². The number of carbonyl (C=O) groups excluding carboxylic acids is 2. The maximum absolute atomic E-state index is 12.5. The Labute approximate surface area is 168 Å². The second-order valence-corrected chi connectivity index (χ2v) is 8.22. The highest BCUT2D eigenvalue weighted by molar-refractivity contribution is 8.00. The molecule has 0 saturated heterocycles. The summed E-state index contributed by atoms with van der Waals surface area (Å²) in [5, 5.41) is 3.09. The Hall–Kier alpha value is -2.72. The molecule has 2 N–H and O–H groups in total. The fourth-order valence-corrected chi connectivity index (χ4v) is 4.12. The van der Waals surface area contributed by atoms with Crippen molar-refractivity contribution < 1.29 is 14.3 Å². The number of benzene rings is 1. The van der Waals surface area contributed by atoms with Gasteiger partial charge in [0, 0.05) is 11.8 Å². The lowest BCUT2D eigenvalue weighted by Gasteiger charge is -2.09. The predicted molar refractivity (Wildman–Crippen MR) is 109 cm³/mol. The number of esters is 1. The smallest absolute Gasteiger partial charge is 0.338 e. The van der Waals surface area contributed by atoms with Crippen LogP contribution in [0.25, 0.3) is 10.2 Å². The lowest BCUT2D eigenvalue weighted by atomic mass is 10.2. The van der Waals surface area contributed by atoms with Crippen LogP contribution in [0.5, 0.6) is 0 Å². The van der Waals surface area contributed by atoms with Crippen LogP contribution in [-0.4, -0.2) is 38.7 Å². The van der Waals surface area contributed by atoms with Gasteiger partial charge in [-0.05, 0) is 39.0 Å². The van der Waals surface area contributed by atoms with Crippen LogP contribution in [0.1, 0.15) is 29.9 Å². The lowest BCUT2D eigenvalue weighted by molar-refractivity contribution is -0.115. The number of H-pyrrole nitrogens is 1. The molecule has 0 spiro atoms. The number of thiazole rings is 1. The van der Waals surface area contributed by atoms with E-state index < -0.39 is 11.2 Å². The molecule has 3 aromatic rings. The van der Waals surface area contributed by atoms with E-state index in [1.807, 2.05) is 0 Å². The first-order chi connectivity index (χ1) is 13.4. The van der Waals surface area contributed by atoms with Gasteiger partial charge >= 0.3 is 5.97 Å². The number of rotatable bonds is 6. The van der Waals surface area contributed by atoms with E-state index in [-0.39, 0.29) is 11.5 Å². The summed E-state index contributed by atoms with van der Waals surface area (Å²) in [6.45, 7) is 5.49. The van der Waals surface area contributed by atoms with Gasteiger partial charge in [0.05, 0.1) is 27.6 Å². The van der Waals surface area contributed by atoms with Gasteiger partial charge in [-0.1, -0.05) is 23.1 Å². The number of hydrogen-bond acceptors (Lipinski definition) is 8. The van der Waals surface area contributed by atoms with E-state index in [4.69, 9.17) is 4.74 Å². The summed E-state index contributed by atoms with van der Waals surface area (Å²) < 4.78 is 5.76. The maximum atomic E-state index is 12.5. The number of ether oxygens (including phenoxy) is 1. The van der Waals surface area contributed by atoms with E-state index in [2.05, 4.69) is 20.3 Å². The van der Waals surface area contributed by atoms with Crippen LogP contribution in [0.4, 0.5) is 5.13 Å². The number of thioether (sulfide) groups is 1. The molecule has 1 atom stereocenters. The number of aromatic amines is 1. The Balaban J connectivity index is 1.71. The van der Waals surface area contributed by atoms with Crippen LogP contribution in [-0.2, 0) is 9.53 Å². The second-order valence-electron chi connectivity index (χ2n) is 5.86. The van der Waals surface area contributed by atoms with E-state index in [0.717, 1.165) is 16.5 Å². The quantitative estimate of drug-likeness (QED) is 0.359. The van der Waals surface area contributed by atoms with Gasteiger partial charge in [0.25, 0.3) is 5.56 Å². The third-order valence-electron chi connectivity index (χ3n) is 3.64. The van der Waals surface area contributed by atoms with Gasteiger partial charge < -0.3 is 15.0 Å². The first-order valence-electron chi connectivity index (χ1n) is 8.49. The molecular formula is C18H18N4O4S2. The molecule has 0 aliphatic rings. The molecule has 8 nitrogen and oxygen atoms in total. The molecular weight excluding hydrogens is 400 g/mol. The summed E-state index contributed by atoms with van der Waals surface area (Å²) in [5.41, 5.74) is 1.45. The van der Waals surface area contributed by atoms with Crippen molar-refractivity contribution in [2.24, 2.45) is 0 Å². The fourth-order valence-electron chi connectivity index (χ4n) is 2.35. The third kappa shape index (κ3) is 4.76. The first kappa shape index (κ1) is 20.0.